The Labute approximate surface area is 183 Å². The highest BCUT2D eigenvalue weighted by Gasteiger charge is 2.29. The maximum Gasteiger partial charge on any atom is 0.330 e. The summed E-state index contributed by atoms with van der Waals surface area (Å²) in [5.41, 5.74) is 1.62. The van der Waals surface area contributed by atoms with Crippen molar-refractivity contribution in [2.75, 3.05) is 26.0 Å². The van der Waals surface area contributed by atoms with Gasteiger partial charge in [-0.2, -0.15) is 0 Å². The minimum Gasteiger partial charge on any atom is -0.479 e. The molecule has 1 unspecified atom stereocenters. The third-order valence-electron chi connectivity index (χ3n) is 5.06. The molecule has 1 aliphatic rings. The minimum absolute atomic E-state index is 0.0440. The van der Waals surface area contributed by atoms with E-state index in [4.69, 9.17) is 0 Å². The predicted molar refractivity (Wildman–Crippen MR) is 120 cm³/mol. The van der Waals surface area contributed by atoms with E-state index in [-0.39, 0.29) is 5.91 Å². The molecule has 0 aliphatic carbocycles. The lowest BCUT2D eigenvalue weighted by Crippen LogP contribution is -2.24. The van der Waals surface area contributed by atoms with Gasteiger partial charge in [0, 0.05) is 29.6 Å². The van der Waals surface area contributed by atoms with Crippen molar-refractivity contribution in [1.29, 1.82) is 0 Å². The molecule has 31 heavy (non-hydrogen) atoms. The van der Waals surface area contributed by atoms with E-state index >= 15 is 0 Å². The second-order valence-electron chi connectivity index (χ2n) is 7.59. The number of aliphatic carboxylic acids is 1. The summed E-state index contributed by atoms with van der Waals surface area (Å²) in [5.74, 6) is -0.568. The fraction of sp³-hybridized carbons (Fsp3) is 0.273. The van der Waals surface area contributed by atoms with Crippen LogP contribution in [0.25, 0.3) is 10.2 Å². The maximum absolute atomic E-state index is 12.6. The van der Waals surface area contributed by atoms with E-state index < -0.39 is 12.0 Å². The number of hydrogen-bond donors (Lipinski definition) is 2. The molecule has 2 aromatic heterocycles. The van der Waals surface area contributed by atoms with Gasteiger partial charge in [0.05, 0.1) is 11.9 Å². The topological polar surface area (TPSA) is 98.7 Å². The normalized spacial score (nSPS) is 14.4. The van der Waals surface area contributed by atoms with Crippen LogP contribution in [-0.4, -0.2) is 57.4 Å². The van der Waals surface area contributed by atoms with Crippen molar-refractivity contribution in [2.24, 2.45) is 0 Å². The van der Waals surface area contributed by atoms with Crippen molar-refractivity contribution in [2.45, 2.75) is 19.1 Å². The van der Waals surface area contributed by atoms with Crippen LogP contribution in [-0.2, 0) is 22.7 Å². The molecule has 3 aromatic rings. The number of nitrogens with one attached hydrogen (secondary N) is 1. The Hall–Kier alpha value is -3.30. The van der Waals surface area contributed by atoms with E-state index in [0.717, 1.165) is 20.7 Å². The monoisotopic (exact) mass is 437 g/mol. The highest BCUT2D eigenvalue weighted by atomic mass is 32.1. The summed E-state index contributed by atoms with van der Waals surface area (Å²) >= 11 is 1.52. The van der Waals surface area contributed by atoms with Crippen LogP contribution in [0.15, 0.2) is 48.8 Å². The Morgan fingerprint density at radius 1 is 1.26 bits per heavy atom. The zero-order valence-corrected chi connectivity index (χ0v) is 18.1. The van der Waals surface area contributed by atoms with Gasteiger partial charge in [-0.1, -0.05) is 36.4 Å². The first kappa shape index (κ1) is 21.0. The van der Waals surface area contributed by atoms with Gasteiger partial charge in [0.2, 0.25) is 5.91 Å². The molecule has 4 rings (SSSR count). The number of amides is 1. The van der Waals surface area contributed by atoms with Crippen molar-refractivity contribution >= 4 is 39.2 Å². The zero-order valence-electron chi connectivity index (χ0n) is 17.3. The second kappa shape index (κ2) is 8.83. The highest BCUT2D eigenvalue weighted by Crippen LogP contribution is 2.40. The number of carboxylic acids is 1. The van der Waals surface area contributed by atoms with Gasteiger partial charge in [0.15, 0.2) is 6.04 Å². The average Bonchev–Trinajstić information content (AvgIpc) is 3.30. The number of hydrogen-bond acceptors (Lipinski definition) is 7. The number of nitrogens with zero attached hydrogens (tertiary/aromatic N) is 4. The molecule has 160 valence electrons. The largest absolute Gasteiger partial charge is 0.479 e. The lowest BCUT2D eigenvalue weighted by atomic mass is 10.1. The third kappa shape index (κ3) is 4.42. The molecule has 9 heteroatoms. The number of aromatic nitrogens is 2. The number of carboxylic acid groups (broad SMARTS) is 1. The molecule has 0 fully saturated rings. The number of fused-ring (bicyclic) bond motifs is 3. The summed E-state index contributed by atoms with van der Waals surface area (Å²) in [6.45, 7) is 1.66. The fourth-order valence-corrected chi connectivity index (χ4v) is 4.72. The first-order chi connectivity index (χ1) is 14.9. The van der Waals surface area contributed by atoms with Gasteiger partial charge < -0.3 is 20.2 Å². The number of carbonyl (C=O) groups excluding carboxylic acids is 1. The predicted octanol–water partition coefficient (Wildman–Crippen LogP) is 2.89. The summed E-state index contributed by atoms with van der Waals surface area (Å²) in [6.07, 6.45) is 4.89. The molecule has 0 bridgehead atoms. The standard InChI is InChI=1S/C22H23N5O3S/c1-26(2)10-6-9-17(28)27-11-15-16(12-27)31-21-18(15)20(23-13-24-21)25-19(22(29)30)14-7-4-3-5-8-14/h3-9,13,19H,10-12H2,1-2H3,(H,29,30)(H,23,24,25). The summed E-state index contributed by atoms with van der Waals surface area (Å²) in [7, 11) is 3.89. The Kier molecular flexibility index (Phi) is 5.97. The van der Waals surface area contributed by atoms with Crippen LogP contribution < -0.4 is 5.32 Å². The van der Waals surface area contributed by atoms with Crippen molar-refractivity contribution in [1.82, 2.24) is 19.8 Å². The van der Waals surface area contributed by atoms with Crippen LogP contribution in [0.4, 0.5) is 5.82 Å². The Morgan fingerprint density at radius 3 is 2.74 bits per heavy atom. The second-order valence-corrected chi connectivity index (χ2v) is 8.68. The molecule has 2 N–H and O–H groups in total. The molecular formula is C22H23N5O3S. The van der Waals surface area contributed by atoms with E-state index in [1.807, 2.05) is 31.1 Å². The molecule has 3 heterocycles. The van der Waals surface area contributed by atoms with Crippen LogP contribution >= 0.6 is 11.3 Å². The van der Waals surface area contributed by atoms with Gasteiger partial charge in [-0.05, 0) is 19.7 Å². The number of anilines is 1. The summed E-state index contributed by atoms with van der Waals surface area (Å²) in [4.78, 5) is 38.8. The molecule has 1 aliphatic heterocycles. The average molecular weight is 438 g/mol. The Bertz CT molecular complexity index is 1140. The molecule has 0 radical (unpaired) electrons. The molecule has 8 nitrogen and oxygen atoms in total. The van der Waals surface area contributed by atoms with Gasteiger partial charge in [0.1, 0.15) is 17.0 Å². The van der Waals surface area contributed by atoms with Gasteiger partial charge in [-0.3, -0.25) is 4.79 Å². The number of rotatable bonds is 7. The quantitative estimate of drug-likeness (QED) is 0.549. The molecule has 0 saturated carbocycles. The molecule has 1 aromatic carbocycles. The van der Waals surface area contributed by atoms with E-state index in [1.165, 1.54) is 17.7 Å². The van der Waals surface area contributed by atoms with E-state index in [2.05, 4.69) is 15.3 Å². The lowest BCUT2D eigenvalue weighted by molar-refractivity contribution is -0.138. The van der Waals surface area contributed by atoms with Gasteiger partial charge in [-0.15, -0.1) is 11.3 Å². The fourth-order valence-electron chi connectivity index (χ4n) is 3.56. The lowest BCUT2D eigenvalue weighted by Gasteiger charge is -2.17. The van der Waals surface area contributed by atoms with Gasteiger partial charge in [0.25, 0.3) is 0 Å². The van der Waals surface area contributed by atoms with Crippen LogP contribution in [0.1, 0.15) is 22.0 Å². The third-order valence-corrected chi connectivity index (χ3v) is 6.18. The van der Waals surface area contributed by atoms with E-state index in [0.29, 0.717) is 31.0 Å². The Morgan fingerprint density at radius 2 is 2.03 bits per heavy atom. The number of benzene rings is 1. The Balaban J connectivity index is 1.61. The van der Waals surface area contributed by atoms with Crippen LogP contribution in [0.2, 0.25) is 0 Å². The van der Waals surface area contributed by atoms with Crippen LogP contribution in [0.5, 0.6) is 0 Å². The summed E-state index contributed by atoms with van der Waals surface area (Å²) in [6, 6.07) is 8.04. The van der Waals surface area contributed by atoms with E-state index in [1.54, 1.807) is 35.2 Å². The molecule has 1 atom stereocenters. The summed E-state index contributed by atoms with van der Waals surface area (Å²) in [5, 5.41) is 13.6. The number of likely N-dealkylation sites (N-methyl/N-ethyl adjacent to an activating group) is 1. The van der Waals surface area contributed by atoms with Gasteiger partial charge >= 0.3 is 5.97 Å². The molecule has 1 amide bonds. The van der Waals surface area contributed by atoms with Crippen LogP contribution in [0.3, 0.4) is 0 Å². The van der Waals surface area contributed by atoms with Crippen molar-refractivity contribution < 1.29 is 14.7 Å². The maximum atomic E-state index is 12.6. The van der Waals surface area contributed by atoms with Crippen LogP contribution in [0, 0.1) is 0 Å². The van der Waals surface area contributed by atoms with Crippen molar-refractivity contribution in [3.8, 4) is 0 Å². The van der Waals surface area contributed by atoms with Crippen molar-refractivity contribution in [3.05, 3.63) is 64.8 Å². The number of carbonyl (C=O) groups is 2. The van der Waals surface area contributed by atoms with Crippen molar-refractivity contribution in [3.63, 3.8) is 0 Å². The SMILES string of the molecule is CN(C)CC=CC(=O)N1Cc2sc3ncnc(NC(C(=O)O)c4ccccc4)c3c2C1. The molecule has 0 saturated heterocycles. The molecular weight excluding hydrogens is 414 g/mol. The first-order valence-corrected chi connectivity index (χ1v) is 10.7. The minimum atomic E-state index is -0.993. The molecule has 0 spiro atoms. The van der Waals surface area contributed by atoms with Gasteiger partial charge in [-0.25, -0.2) is 14.8 Å². The smallest absolute Gasteiger partial charge is 0.330 e. The van der Waals surface area contributed by atoms with E-state index in [9.17, 15) is 14.7 Å². The first-order valence-electron chi connectivity index (χ1n) is 9.83. The number of thiophene rings is 1. The highest BCUT2D eigenvalue weighted by molar-refractivity contribution is 7.19. The summed E-state index contributed by atoms with van der Waals surface area (Å²) < 4.78 is 0. The zero-order chi connectivity index (χ0) is 22.0.